The van der Waals surface area contributed by atoms with Crippen LogP contribution >= 0.6 is 0 Å². The molecule has 33 nitrogen and oxygen atoms in total. The zero-order valence-corrected chi connectivity index (χ0v) is 82.8. The first-order valence-electron chi connectivity index (χ1n) is 44.7. The van der Waals surface area contributed by atoms with E-state index in [4.69, 9.17) is 56.8 Å². The summed E-state index contributed by atoms with van der Waals surface area (Å²) in [5.41, 5.74) is -4.68. The Morgan fingerprint density at radius 3 is 1.06 bits per heavy atom. The number of nitrogens with zero attached hydrogens (tertiary/aromatic N) is 9. The predicted octanol–water partition coefficient (Wildman–Crippen LogP) is 12.9. The molecule has 3 N–H and O–H groups in total. The second-order valence-electron chi connectivity index (χ2n) is 39.2. The molecule has 6 aliphatic heterocycles. The Balaban J connectivity index is 0.000000207. The van der Waals surface area contributed by atoms with Gasteiger partial charge in [0.15, 0.2) is 17.1 Å². The van der Waals surface area contributed by atoms with Crippen LogP contribution in [-0.4, -0.2) is 250 Å². The van der Waals surface area contributed by atoms with Gasteiger partial charge in [-0.3, -0.25) is 14.4 Å². The largest absolute Gasteiger partial charge is 0.540 e. The number of aromatic nitrogens is 6. The van der Waals surface area contributed by atoms with E-state index in [-0.39, 0.29) is 147 Å². The molecule has 6 aromatic rings. The number of hydrogen-bond donors (Lipinski definition) is 3. The first-order valence-corrected chi connectivity index (χ1v) is 44.7. The van der Waals surface area contributed by atoms with E-state index < -0.39 is 232 Å². The molecule has 9 heterocycles. The Bertz CT molecular complexity index is 5300. The molecule has 3 aromatic carbocycles. The zero-order valence-electron chi connectivity index (χ0n) is 78.6. The van der Waals surface area contributed by atoms with E-state index in [1.54, 1.807) is 145 Å². The number of fused-ring (bicyclic) bond motifs is 15. The number of alkyl halides is 6. The van der Waals surface area contributed by atoms with Crippen LogP contribution in [-0.2, 0) is 131 Å². The Kier molecular flexibility index (Phi) is 34.5. The number of carbonyl (C=O) groups excluding carboxylic acids is 9. The van der Waals surface area contributed by atoms with E-state index in [0.29, 0.717) is 55.8 Å². The van der Waals surface area contributed by atoms with Crippen molar-refractivity contribution in [1.29, 1.82) is 0 Å². The maximum absolute atomic E-state index is 16.0. The molecule has 9 aliphatic rings. The quantitative estimate of drug-likeness (QED) is 0.0792. The van der Waals surface area contributed by atoms with Gasteiger partial charge in [-0.1, -0.05) is 101 Å². The smallest absolute Gasteiger partial charge is 0.408 e. The van der Waals surface area contributed by atoms with E-state index in [1.807, 2.05) is 18.9 Å². The first kappa shape index (κ1) is 108. The van der Waals surface area contributed by atoms with Crippen molar-refractivity contribution < 1.29 is 182 Å². The SMILES string of the molecule is COc1ccc2nc3c(nc2c1)O[C@H]1CN(C(=O)[C@H](C(C)(C)C)NC(=O)O[C@@H]2CCC[C@H]2OCCCC3(F)F)[C@H]([C-]=O)[C@@H]1C.COc1ccc2nc3c(nc2c1)O[C@H]1CN(C(=O)[C@H](C(C)(C)C)NC(=O)O[C@]2(C)CCC[C@H]2OCCCC3(F)F)[C@H]([C-]=O)[C@@H]1C.COc1ccc2nc3c(nc2c1)O[C@H]1CN(C(=O)[C@H](C(C)(C)C)NC(=O)O[C@]2(C)C[C@H]2OCCCC3(F)F)[C@H]([C-]=O)[C@@H]1C.[V].[V].[V]. The molecule has 3 aliphatic carbocycles. The van der Waals surface area contributed by atoms with Crippen molar-refractivity contribution >= 4 is 88.0 Å². The molecule has 3 saturated heterocycles. The van der Waals surface area contributed by atoms with Crippen LogP contribution in [0, 0.1) is 34.0 Å². The summed E-state index contributed by atoms with van der Waals surface area (Å²) >= 11 is 0. The van der Waals surface area contributed by atoms with E-state index in [1.165, 1.54) is 42.1 Å². The van der Waals surface area contributed by atoms with Gasteiger partial charge in [0.1, 0.15) is 77.1 Å². The minimum absolute atomic E-state index is 0. The number of ether oxygens (including phenoxy) is 12. The normalized spacial score (nSPS) is 30.1. The van der Waals surface area contributed by atoms with Crippen molar-refractivity contribution in [3.8, 4) is 34.9 Å². The molecular formula is C93H117F6N12O21V3-3. The molecule has 135 heavy (non-hydrogen) atoms. The second kappa shape index (κ2) is 43.1. The van der Waals surface area contributed by atoms with Crippen LogP contribution < -0.4 is 44.4 Å². The predicted molar refractivity (Wildman–Crippen MR) is 463 cm³/mol. The van der Waals surface area contributed by atoms with Crippen molar-refractivity contribution in [2.45, 2.75) is 288 Å². The standard InChI is InChI=1S/C32H41F2N4O7.C31H39F2N4O7.C30H37F2N4O7.3V/c1-18-22(17-39)38-16-23(18)44-27-25(35-20-11-10-19(42-6)15-21(20)36-27)32(33,34)13-8-14-43-24-9-7-12-31(24,5)45-29(41)37-26(28(38)40)30(2,3)4;1-17-21(16-38)37-15-24(17)43-27-25(34-19-11-10-18(41-5)14-20(19)35-27)31(32,33)12-7-13-42-22-8-6-9-23(22)44-29(40)36-26(28(37)39)30(2,3)4;1-16-20(15-37)36-14-21(16)42-25-23(33-18-9-8-17(40-6)12-19(18)34-25)30(31,32)10-7-11-41-22-13-29(22,5)43-27(39)35-24(26(36)38)28(2,3)4;;;/h10-11,15,18,22-24,26H,7-9,12-14,16H2,1-6H3,(H,37,41);10-11,14,17,21-24,26H,6-9,12-13,15H2,1-5H3,(H,36,40);8-9,12,16,20-22,24H,7,10-11,13-14H2,1-6H3,(H,35,39);;;/q3*-1;;;/t18-,22+,23-,24+,26+,31+;17-,21+,22+,23+,24-,26+;16-,20+,21-,22+,24+,29+;;;/m000.../s1. The summed E-state index contributed by atoms with van der Waals surface area (Å²) < 4.78 is 164. The maximum atomic E-state index is 16.0. The zero-order chi connectivity index (χ0) is 95.9. The summed E-state index contributed by atoms with van der Waals surface area (Å²) in [7, 11) is 4.43. The summed E-state index contributed by atoms with van der Waals surface area (Å²) in [6, 6.07) is 7.74. The van der Waals surface area contributed by atoms with Crippen LogP contribution in [0.3, 0.4) is 0 Å². The van der Waals surface area contributed by atoms with Gasteiger partial charge in [0.05, 0.1) is 86.3 Å². The average Bonchev–Trinajstić information content (AvgIpc) is 1.70. The van der Waals surface area contributed by atoms with Gasteiger partial charge < -0.3 is 102 Å². The molecule has 15 rings (SSSR count). The van der Waals surface area contributed by atoms with Crippen LogP contribution in [0.1, 0.15) is 197 Å². The van der Waals surface area contributed by atoms with Crippen LogP contribution in [0.15, 0.2) is 54.6 Å². The monoisotopic (exact) mass is 2000 g/mol. The third-order valence-electron chi connectivity index (χ3n) is 26.2. The van der Waals surface area contributed by atoms with Crippen LogP contribution in [0.2, 0.25) is 0 Å². The van der Waals surface area contributed by atoms with Crippen molar-refractivity contribution in [3.63, 3.8) is 0 Å². The molecule has 3 radical (unpaired) electrons. The van der Waals surface area contributed by atoms with Crippen molar-refractivity contribution in [1.82, 2.24) is 60.6 Å². The number of nitrogens with one attached hydrogen (secondary N) is 3. The van der Waals surface area contributed by atoms with Gasteiger partial charge in [0, 0.05) is 119 Å². The number of methoxy groups -OCH3 is 3. The summed E-state index contributed by atoms with van der Waals surface area (Å²) in [4.78, 5) is 148. The molecule has 6 fully saturated rings. The molecule has 0 spiro atoms. The van der Waals surface area contributed by atoms with Gasteiger partial charge in [-0.15, -0.1) is 0 Å². The Morgan fingerprint density at radius 1 is 0.393 bits per heavy atom. The molecule has 3 saturated carbocycles. The third kappa shape index (κ3) is 24.1. The van der Waals surface area contributed by atoms with E-state index in [9.17, 15) is 43.2 Å². The maximum Gasteiger partial charge on any atom is 0.408 e. The topological polar surface area (TPSA) is 388 Å². The molecule has 42 heteroatoms. The Morgan fingerprint density at radius 2 is 0.719 bits per heavy atom. The number of carbonyl (C=O) groups is 6. The van der Waals surface area contributed by atoms with Crippen LogP contribution in [0.4, 0.5) is 40.7 Å². The van der Waals surface area contributed by atoms with Gasteiger partial charge in [-0.25, -0.2) is 63.1 Å². The van der Waals surface area contributed by atoms with Crippen LogP contribution in [0.5, 0.6) is 34.9 Å². The summed E-state index contributed by atoms with van der Waals surface area (Å²) in [6.07, 6.45) is 0.899. The summed E-state index contributed by atoms with van der Waals surface area (Å²) in [5.74, 6) is -13.7. The fourth-order valence-corrected chi connectivity index (χ4v) is 18.1. The van der Waals surface area contributed by atoms with Crippen LogP contribution in [0.25, 0.3) is 33.1 Å². The molecule has 3 aromatic heterocycles. The molecular weight excluding hydrogens is 1890 g/mol. The molecule has 0 unspecified atom stereocenters. The minimum Gasteiger partial charge on any atom is -0.540 e. The first-order chi connectivity index (χ1) is 62.1. The van der Waals surface area contributed by atoms with Gasteiger partial charge in [0.25, 0.3) is 17.8 Å². The fourth-order valence-electron chi connectivity index (χ4n) is 18.1. The van der Waals surface area contributed by atoms with Crippen molar-refractivity contribution in [3.05, 3.63) is 71.7 Å². The van der Waals surface area contributed by atoms with Gasteiger partial charge in [-0.2, -0.15) is 26.3 Å². The van der Waals surface area contributed by atoms with E-state index >= 15 is 26.3 Å². The molecule has 18 atom stereocenters. The number of benzene rings is 3. The van der Waals surface area contributed by atoms with Gasteiger partial charge in [-0.05, 0) is 142 Å². The average molecular weight is 2010 g/mol. The fraction of sp³-hybridized carbons (Fsp3) is 0.645. The Labute approximate surface area is 815 Å². The summed E-state index contributed by atoms with van der Waals surface area (Å²) in [6.45, 7) is 24.1. The van der Waals surface area contributed by atoms with Gasteiger partial charge >= 0.3 is 18.3 Å². The number of hydrogen-bond acceptors (Lipinski definition) is 27. The van der Waals surface area contributed by atoms with E-state index in [0.717, 1.165) is 6.42 Å². The van der Waals surface area contributed by atoms with Gasteiger partial charge in [0.2, 0.25) is 35.4 Å². The number of amides is 6. The molecule has 735 valence electrons. The van der Waals surface area contributed by atoms with E-state index in [2.05, 4.69) is 45.9 Å². The minimum atomic E-state index is -3.45. The molecule has 6 bridgehead atoms. The molecule has 6 amide bonds. The summed E-state index contributed by atoms with van der Waals surface area (Å²) in [5, 5.41) is 8.13. The number of rotatable bonds is 6. The Hall–Kier alpha value is -9.08. The van der Waals surface area contributed by atoms with Crippen molar-refractivity contribution in [2.24, 2.45) is 34.0 Å². The van der Waals surface area contributed by atoms with Crippen molar-refractivity contribution in [2.75, 3.05) is 60.8 Å². The second-order valence-corrected chi connectivity index (χ2v) is 39.2. The number of alkyl carbamates (subject to hydrolysis) is 3. The third-order valence-corrected chi connectivity index (χ3v) is 26.2. The number of halogens is 6.